The third-order valence-electron chi connectivity index (χ3n) is 2.37. The predicted molar refractivity (Wildman–Crippen MR) is 71.9 cm³/mol. The summed E-state index contributed by atoms with van der Waals surface area (Å²) in [6.07, 6.45) is 0. The molecule has 1 aromatic carbocycles. The number of amides is 1. The van der Waals surface area contributed by atoms with Crippen LogP contribution in [0.2, 0.25) is 0 Å². The summed E-state index contributed by atoms with van der Waals surface area (Å²) >= 11 is 0. The first-order valence-corrected chi connectivity index (χ1v) is 7.07. The van der Waals surface area contributed by atoms with E-state index in [9.17, 15) is 9.00 Å². The van der Waals surface area contributed by atoms with Gasteiger partial charge in [0.05, 0.1) is 0 Å². The average molecular weight is 254 g/mol. The van der Waals surface area contributed by atoms with Gasteiger partial charge in [0.2, 0.25) is 0 Å². The summed E-state index contributed by atoms with van der Waals surface area (Å²) in [6.45, 7) is 2.32. The van der Waals surface area contributed by atoms with Crippen molar-refractivity contribution in [2.24, 2.45) is 0 Å². The van der Waals surface area contributed by atoms with E-state index in [1.165, 1.54) is 0 Å². The fraction of sp³-hybridized carbons (Fsp3) is 0.417. The topological polar surface area (TPSA) is 58.2 Å². The van der Waals surface area contributed by atoms with Crippen molar-refractivity contribution >= 4 is 22.4 Å². The van der Waals surface area contributed by atoms with Crippen LogP contribution < -0.4 is 10.6 Å². The molecule has 0 aliphatic carbocycles. The lowest BCUT2D eigenvalue weighted by Gasteiger charge is -2.05. The van der Waals surface area contributed by atoms with E-state index in [0.717, 1.165) is 5.69 Å². The van der Waals surface area contributed by atoms with Crippen molar-refractivity contribution in [1.82, 2.24) is 5.32 Å². The molecule has 1 unspecified atom stereocenters. The fourth-order valence-corrected chi connectivity index (χ4v) is 1.93. The highest BCUT2D eigenvalue weighted by molar-refractivity contribution is 7.84. The number of carbonyl (C=O) groups is 1. The molecule has 1 amide bonds. The molecule has 0 aliphatic heterocycles. The van der Waals surface area contributed by atoms with Crippen LogP contribution in [0.25, 0.3) is 0 Å². The molecular formula is C12H18N2O2S. The number of hydrogen-bond acceptors (Lipinski definition) is 3. The van der Waals surface area contributed by atoms with E-state index in [1.807, 2.05) is 26.1 Å². The monoisotopic (exact) mass is 254 g/mol. The van der Waals surface area contributed by atoms with Gasteiger partial charge in [0.15, 0.2) is 0 Å². The molecule has 94 valence electrons. The van der Waals surface area contributed by atoms with E-state index in [4.69, 9.17) is 0 Å². The third kappa shape index (κ3) is 4.56. The zero-order valence-electron chi connectivity index (χ0n) is 10.2. The summed E-state index contributed by atoms with van der Waals surface area (Å²) in [4.78, 5) is 11.7. The molecule has 2 N–H and O–H groups in total. The largest absolute Gasteiger partial charge is 0.388 e. The smallest absolute Gasteiger partial charge is 0.251 e. The number of benzene rings is 1. The summed E-state index contributed by atoms with van der Waals surface area (Å²) in [5.41, 5.74) is 1.58. The number of rotatable bonds is 6. The van der Waals surface area contributed by atoms with Crippen molar-refractivity contribution in [3.63, 3.8) is 0 Å². The van der Waals surface area contributed by atoms with Crippen molar-refractivity contribution in [2.45, 2.75) is 6.92 Å². The molecule has 0 fully saturated rings. The quantitative estimate of drug-likeness (QED) is 0.802. The molecule has 0 bridgehead atoms. The molecule has 0 saturated carbocycles. The Balaban J connectivity index is 2.44. The van der Waals surface area contributed by atoms with Gasteiger partial charge in [-0.1, -0.05) is 6.92 Å². The van der Waals surface area contributed by atoms with Gasteiger partial charge in [-0.25, -0.2) is 0 Å². The molecule has 0 spiro atoms. The van der Waals surface area contributed by atoms with E-state index in [0.29, 0.717) is 23.6 Å². The minimum Gasteiger partial charge on any atom is -0.388 e. The van der Waals surface area contributed by atoms with Gasteiger partial charge < -0.3 is 10.6 Å². The van der Waals surface area contributed by atoms with Crippen LogP contribution in [0, 0.1) is 0 Å². The van der Waals surface area contributed by atoms with Crippen LogP contribution in [0.5, 0.6) is 0 Å². The average Bonchev–Trinajstić information content (AvgIpc) is 2.38. The highest BCUT2D eigenvalue weighted by atomic mass is 32.2. The Morgan fingerprint density at radius 1 is 1.29 bits per heavy atom. The van der Waals surface area contributed by atoms with Crippen molar-refractivity contribution in [1.29, 1.82) is 0 Å². The summed E-state index contributed by atoms with van der Waals surface area (Å²) in [5, 5.41) is 5.74. The van der Waals surface area contributed by atoms with Gasteiger partial charge in [0, 0.05) is 47.1 Å². The van der Waals surface area contributed by atoms with Crippen molar-refractivity contribution in [2.75, 3.05) is 30.4 Å². The lowest BCUT2D eigenvalue weighted by Crippen LogP contribution is -2.27. The van der Waals surface area contributed by atoms with E-state index < -0.39 is 10.8 Å². The second-order valence-corrected chi connectivity index (χ2v) is 5.38. The van der Waals surface area contributed by atoms with Crippen LogP contribution in [0.3, 0.4) is 0 Å². The first-order valence-electron chi connectivity index (χ1n) is 5.58. The molecule has 0 saturated heterocycles. The van der Waals surface area contributed by atoms with Crippen LogP contribution in [-0.4, -0.2) is 35.2 Å². The number of nitrogens with one attached hydrogen (secondary N) is 2. The Morgan fingerprint density at radius 2 is 1.94 bits per heavy atom. The maximum Gasteiger partial charge on any atom is 0.251 e. The first kappa shape index (κ1) is 13.7. The molecule has 0 radical (unpaired) electrons. The predicted octanol–water partition coefficient (Wildman–Crippen LogP) is 1.23. The van der Waals surface area contributed by atoms with Crippen molar-refractivity contribution < 1.29 is 9.00 Å². The van der Waals surface area contributed by atoms with Gasteiger partial charge in [0.25, 0.3) is 5.91 Å². The van der Waals surface area contributed by atoms with E-state index in [1.54, 1.807) is 12.1 Å². The first-order chi connectivity index (χ1) is 8.17. The number of hydrogen-bond donors (Lipinski definition) is 2. The van der Waals surface area contributed by atoms with E-state index in [-0.39, 0.29) is 5.91 Å². The molecule has 0 aliphatic rings. The zero-order valence-corrected chi connectivity index (χ0v) is 11.0. The normalized spacial score (nSPS) is 11.9. The maximum atomic E-state index is 11.7. The minimum absolute atomic E-state index is 0.124. The van der Waals surface area contributed by atoms with Gasteiger partial charge in [-0.15, -0.1) is 0 Å². The Bertz CT molecular complexity index is 390. The molecule has 17 heavy (non-hydrogen) atoms. The van der Waals surface area contributed by atoms with Gasteiger partial charge >= 0.3 is 0 Å². The third-order valence-corrected chi connectivity index (χ3v) is 3.68. The highest BCUT2D eigenvalue weighted by Crippen LogP contribution is 2.08. The van der Waals surface area contributed by atoms with Crippen LogP contribution >= 0.6 is 0 Å². The molecule has 5 heteroatoms. The van der Waals surface area contributed by atoms with Crippen molar-refractivity contribution in [3.8, 4) is 0 Å². The van der Waals surface area contributed by atoms with E-state index in [2.05, 4.69) is 10.6 Å². The second kappa shape index (κ2) is 7.06. The fourth-order valence-electron chi connectivity index (χ4n) is 1.31. The SMILES string of the molecule is CCS(=O)CCNC(=O)c1ccc(NC)cc1. The van der Waals surface area contributed by atoms with Gasteiger partial charge in [-0.3, -0.25) is 9.00 Å². The van der Waals surface area contributed by atoms with Crippen LogP contribution in [0.15, 0.2) is 24.3 Å². The molecule has 1 atom stereocenters. The summed E-state index contributed by atoms with van der Waals surface area (Å²) in [6, 6.07) is 7.22. The maximum absolute atomic E-state index is 11.7. The minimum atomic E-state index is -0.830. The standard InChI is InChI=1S/C12H18N2O2S/c1-3-17(16)9-8-14-12(15)10-4-6-11(13-2)7-5-10/h4-7,13H,3,8-9H2,1-2H3,(H,14,15). The molecule has 4 nitrogen and oxygen atoms in total. The van der Waals surface area contributed by atoms with Crippen LogP contribution in [-0.2, 0) is 10.8 Å². The van der Waals surface area contributed by atoms with Crippen molar-refractivity contribution in [3.05, 3.63) is 29.8 Å². The molecule has 1 aromatic rings. The van der Waals surface area contributed by atoms with E-state index >= 15 is 0 Å². The van der Waals surface area contributed by atoms with Gasteiger partial charge in [-0.2, -0.15) is 0 Å². The summed E-state index contributed by atoms with van der Waals surface area (Å²) in [7, 11) is 0.999. The Hall–Kier alpha value is -1.36. The molecule has 0 aromatic heterocycles. The summed E-state index contributed by atoms with van der Waals surface area (Å²) in [5.74, 6) is 1.02. The van der Waals surface area contributed by atoms with Gasteiger partial charge in [0.1, 0.15) is 0 Å². The Kier molecular flexibility index (Phi) is 5.69. The Labute approximate surface area is 104 Å². The lowest BCUT2D eigenvalue weighted by atomic mass is 10.2. The molecular weight excluding hydrogens is 236 g/mol. The van der Waals surface area contributed by atoms with Crippen LogP contribution in [0.1, 0.15) is 17.3 Å². The zero-order chi connectivity index (χ0) is 12.7. The Morgan fingerprint density at radius 3 is 2.47 bits per heavy atom. The number of anilines is 1. The van der Waals surface area contributed by atoms with Gasteiger partial charge in [-0.05, 0) is 24.3 Å². The lowest BCUT2D eigenvalue weighted by molar-refractivity contribution is 0.0956. The van der Waals surface area contributed by atoms with Crippen LogP contribution in [0.4, 0.5) is 5.69 Å². The molecule has 0 heterocycles. The second-order valence-electron chi connectivity index (χ2n) is 3.52. The molecule has 1 rings (SSSR count). The summed E-state index contributed by atoms with van der Waals surface area (Å²) < 4.78 is 11.2. The highest BCUT2D eigenvalue weighted by Gasteiger charge is 2.05. The number of carbonyl (C=O) groups excluding carboxylic acids is 1.